The number of amides is 1. The van der Waals surface area contributed by atoms with Crippen molar-refractivity contribution in [1.29, 1.82) is 0 Å². The Kier molecular flexibility index (Phi) is 6.85. The van der Waals surface area contributed by atoms with Gasteiger partial charge in [-0.05, 0) is 44.9 Å². The van der Waals surface area contributed by atoms with E-state index >= 15 is 0 Å². The number of carbonyl (C=O) groups is 3. The lowest BCUT2D eigenvalue weighted by Gasteiger charge is -2.34. The van der Waals surface area contributed by atoms with Gasteiger partial charge in [-0.1, -0.05) is 32.6 Å². The maximum atomic E-state index is 13.0. The van der Waals surface area contributed by atoms with Crippen molar-refractivity contribution in [2.75, 3.05) is 0 Å². The van der Waals surface area contributed by atoms with Crippen LogP contribution in [0, 0.1) is 17.3 Å². The van der Waals surface area contributed by atoms with Crippen LogP contribution < -0.4 is 5.32 Å². The van der Waals surface area contributed by atoms with Crippen molar-refractivity contribution >= 4 is 17.8 Å². The van der Waals surface area contributed by atoms with Crippen molar-refractivity contribution in [1.82, 2.24) is 5.32 Å². The lowest BCUT2D eigenvalue weighted by molar-refractivity contribution is -0.146. The Balaban J connectivity index is 2.04. The van der Waals surface area contributed by atoms with Crippen LogP contribution in [0.4, 0.5) is 0 Å². The molecule has 25 heavy (non-hydrogen) atoms. The number of rotatable bonds is 8. The van der Waals surface area contributed by atoms with Gasteiger partial charge in [0.1, 0.15) is 0 Å². The molecule has 2 aliphatic rings. The zero-order valence-electron chi connectivity index (χ0n) is 15.1. The Hall–Kier alpha value is -1.59. The van der Waals surface area contributed by atoms with Crippen molar-refractivity contribution in [3.63, 3.8) is 0 Å². The van der Waals surface area contributed by atoms with Crippen molar-refractivity contribution in [2.24, 2.45) is 17.3 Å². The van der Waals surface area contributed by atoms with E-state index in [0.29, 0.717) is 25.7 Å². The second-order valence-corrected chi connectivity index (χ2v) is 7.89. The van der Waals surface area contributed by atoms with Gasteiger partial charge in [-0.2, -0.15) is 0 Å². The minimum absolute atomic E-state index is 0.0524. The van der Waals surface area contributed by atoms with Crippen LogP contribution in [0.5, 0.6) is 0 Å². The molecule has 1 unspecified atom stereocenters. The molecule has 3 atom stereocenters. The molecule has 2 rings (SSSR count). The molecule has 0 aromatic heterocycles. The van der Waals surface area contributed by atoms with E-state index in [9.17, 15) is 24.6 Å². The van der Waals surface area contributed by atoms with Crippen LogP contribution in [-0.2, 0) is 14.4 Å². The third-order valence-electron chi connectivity index (χ3n) is 6.02. The van der Waals surface area contributed by atoms with Gasteiger partial charge >= 0.3 is 11.9 Å². The van der Waals surface area contributed by atoms with Gasteiger partial charge in [0.05, 0.1) is 17.3 Å². The van der Waals surface area contributed by atoms with Crippen LogP contribution in [0.2, 0.25) is 0 Å². The summed E-state index contributed by atoms with van der Waals surface area (Å²) in [7, 11) is 0. The molecule has 6 heteroatoms. The number of carbonyl (C=O) groups excluding carboxylic acids is 1. The lowest BCUT2D eigenvalue weighted by Crippen LogP contribution is -2.47. The highest BCUT2D eigenvalue weighted by Gasteiger charge is 2.44. The van der Waals surface area contributed by atoms with E-state index < -0.39 is 23.3 Å². The molecule has 0 radical (unpaired) electrons. The predicted molar refractivity (Wildman–Crippen MR) is 93.1 cm³/mol. The highest BCUT2D eigenvalue weighted by atomic mass is 16.4. The number of carboxylic acid groups (broad SMARTS) is 2. The SMILES string of the molecule is CCCC(CC1(C(=O)N[C@H]2CCC[C@@H](C(=O)O)C2)CCCC1)C(=O)O. The summed E-state index contributed by atoms with van der Waals surface area (Å²) in [5, 5.41) is 21.8. The van der Waals surface area contributed by atoms with Crippen LogP contribution in [-0.4, -0.2) is 34.1 Å². The summed E-state index contributed by atoms with van der Waals surface area (Å²) in [5.41, 5.74) is -0.589. The molecule has 1 amide bonds. The predicted octanol–water partition coefficient (Wildman–Crippen LogP) is 3.20. The van der Waals surface area contributed by atoms with E-state index in [4.69, 9.17) is 0 Å². The molecule has 0 saturated heterocycles. The van der Waals surface area contributed by atoms with E-state index in [1.807, 2.05) is 6.92 Å². The Morgan fingerprint density at radius 2 is 1.80 bits per heavy atom. The number of hydrogen-bond acceptors (Lipinski definition) is 3. The third kappa shape index (κ3) is 4.95. The highest BCUT2D eigenvalue weighted by Crippen LogP contribution is 2.44. The van der Waals surface area contributed by atoms with Gasteiger partial charge in [0, 0.05) is 6.04 Å². The molecule has 0 aromatic carbocycles. The smallest absolute Gasteiger partial charge is 0.306 e. The average Bonchev–Trinajstić information content (AvgIpc) is 3.04. The van der Waals surface area contributed by atoms with Crippen molar-refractivity contribution in [3.8, 4) is 0 Å². The summed E-state index contributed by atoms with van der Waals surface area (Å²) >= 11 is 0. The van der Waals surface area contributed by atoms with Gasteiger partial charge < -0.3 is 15.5 Å². The summed E-state index contributed by atoms with van der Waals surface area (Å²) in [5.74, 6) is -2.52. The van der Waals surface area contributed by atoms with Gasteiger partial charge in [-0.15, -0.1) is 0 Å². The first kappa shape index (κ1) is 19.7. The summed E-state index contributed by atoms with van der Waals surface area (Å²) in [6.07, 6.45) is 7.93. The maximum absolute atomic E-state index is 13.0. The van der Waals surface area contributed by atoms with Crippen LogP contribution in [0.25, 0.3) is 0 Å². The Labute approximate surface area is 149 Å². The zero-order chi connectivity index (χ0) is 18.4. The molecule has 0 heterocycles. The summed E-state index contributed by atoms with van der Waals surface area (Å²) in [4.78, 5) is 35.8. The molecule has 2 saturated carbocycles. The molecule has 3 N–H and O–H groups in total. The fourth-order valence-electron chi connectivity index (χ4n) is 4.59. The molecular weight excluding hydrogens is 322 g/mol. The second-order valence-electron chi connectivity index (χ2n) is 7.89. The van der Waals surface area contributed by atoms with E-state index in [-0.39, 0.29) is 17.9 Å². The largest absolute Gasteiger partial charge is 0.481 e. The molecule has 0 aromatic rings. The summed E-state index contributed by atoms with van der Waals surface area (Å²) in [6.45, 7) is 1.96. The van der Waals surface area contributed by atoms with Gasteiger partial charge in [-0.25, -0.2) is 0 Å². The number of aliphatic carboxylic acids is 2. The van der Waals surface area contributed by atoms with E-state index in [2.05, 4.69) is 5.32 Å². The van der Waals surface area contributed by atoms with E-state index in [0.717, 1.165) is 44.9 Å². The highest BCUT2D eigenvalue weighted by molar-refractivity contribution is 5.84. The van der Waals surface area contributed by atoms with Crippen molar-refractivity contribution in [3.05, 3.63) is 0 Å². The second kappa shape index (κ2) is 8.68. The molecule has 0 aliphatic heterocycles. The Morgan fingerprint density at radius 3 is 2.36 bits per heavy atom. The van der Waals surface area contributed by atoms with Crippen LogP contribution in [0.3, 0.4) is 0 Å². The molecular formula is C19H31NO5. The van der Waals surface area contributed by atoms with E-state index in [1.54, 1.807) is 0 Å². The molecule has 0 bridgehead atoms. The first-order valence-electron chi connectivity index (χ1n) is 9.64. The van der Waals surface area contributed by atoms with Crippen molar-refractivity contribution in [2.45, 2.75) is 83.6 Å². The molecule has 142 valence electrons. The maximum Gasteiger partial charge on any atom is 0.306 e. The standard InChI is InChI=1S/C19H31NO5/c1-2-6-14(17(23)24)12-19(9-3-4-10-19)18(25)20-15-8-5-7-13(11-15)16(21)22/h13-15H,2-12H2,1H3,(H,20,25)(H,21,22)(H,23,24)/t13-,14?,15+/m1/s1. The summed E-state index contributed by atoms with van der Waals surface area (Å²) < 4.78 is 0. The molecule has 0 spiro atoms. The minimum atomic E-state index is -0.815. The number of nitrogens with one attached hydrogen (secondary N) is 1. The van der Waals surface area contributed by atoms with Gasteiger partial charge in [0.2, 0.25) is 5.91 Å². The normalized spacial score (nSPS) is 26.8. The fraction of sp³-hybridized carbons (Fsp3) is 0.842. The first-order chi connectivity index (χ1) is 11.9. The fourth-order valence-corrected chi connectivity index (χ4v) is 4.59. The van der Waals surface area contributed by atoms with Gasteiger partial charge in [0.15, 0.2) is 0 Å². The Bertz CT molecular complexity index is 498. The zero-order valence-corrected chi connectivity index (χ0v) is 15.1. The first-order valence-corrected chi connectivity index (χ1v) is 9.64. The molecule has 2 aliphatic carbocycles. The Morgan fingerprint density at radius 1 is 1.12 bits per heavy atom. The van der Waals surface area contributed by atoms with E-state index in [1.165, 1.54) is 0 Å². The monoisotopic (exact) mass is 353 g/mol. The number of hydrogen-bond donors (Lipinski definition) is 3. The van der Waals surface area contributed by atoms with Crippen LogP contribution in [0.15, 0.2) is 0 Å². The number of carboxylic acids is 2. The molecule has 2 fully saturated rings. The summed E-state index contributed by atoms with van der Waals surface area (Å²) in [6, 6.07) is -0.103. The topological polar surface area (TPSA) is 104 Å². The quantitative estimate of drug-likeness (QED) is 0.622. The lowest BCUT2D eigenvalue weighted by atomic mass is 9.75. The minimum Gasteiger partial charge on any atom is -0.481 e. The van der Waals surface area contributed by atoms with Crippen LogP contribution in [0.1, 0.15) is 77.6 Å². The van der Waals surface area contributed by atoms with Gasteiger partial charge in [-0.3, -0.25) is 14.4 Å². The van der Waals surface area contributed by atoms with Crippen molar-refractivity contribution < 1.29 is 24.6 Å². The van der Waals surface area contributed by atoms with Gasteiger partial charge in [0.25, 0.3) is 0 Å². The average molecular weight is 353 g/mol. The van der Waals surface area contributed by atoms with Crippen LogP contribution >= 0.6 is 0 Å². The third-order valence-corrected chi connectivity index (χ3v) is 6.02. The molecule has 6 nitrogen and oxygen atoms in total.